The van der Waals surface area contributed by atoms with Gasteiger partial charge in [-0.3, -0.25) is 4.68 Å². The lowest BCUT2D eigenvalue weighted by molar-refractivity contribution is 0.212. The molecule has 5 heterocycles. The second kappa shape index (κ2) is 13.0. The summed E-state index contributed by atoms with van der Waals surface area (Å²) in [6.07, 6.45) is 11.8. The highest BCUT2D eigenvalue weighted by Crippen LogP contribution is 2.36. The lowest BCUT2D eigenvalue weighted by atomic mass is 10.0. The van der Waals surface area contributed by atoms with Crippen molar-refractivity contribution in [3.8, 4) is 28.3 Å². The van der Waals surface area contributed by atoms with E-state index >= 15 is 0 Å². The highest BCUT2D eigenvalue weighted by Gasteiger charge is 2.24. The van der Waals surface area contributed by atoms with Gasteiger partial charge >= 0.3 is 0 Å². The largest absolute Gasteiger partial charge is 0.496 e. The van der Waals surface area contributed by atoms with Crippen LogP contribution in [0.1, 0.15) is 31.7 Å². The number of pyridine rings is 1. The van der Waals surface area contributed by atoms with Gasteiger partial charge in [0.25, 0.3) is 0 Å². The van der Waals surface area contributed by atoms with E-state index < -0.39 is 5.82 Å². The molecule has 222 valence electrons. The van der Waals surface area contributed by atoms with Gasteiger partial charge in [-0.2, -0.15) is 5.10 Å². The summed E-state index contributed by atoms with van der Waals surface area (Å²) in [5, 5.41) is 8.04. The number of halogens is 2. The number of rotatable bonds is 7. The lowest BCUT2D eigenvalue weighted by Crippen LogP contribution is -2.43. The van der Waals surface area contributed by atoms with Gasteiger partial charge in [0.2, 0.25) is 0 Å². The van der Waals surface area contributed by atoms with Gasteiger partial charge in [0.1, 0.15) is 23.2 Å². The molecule has 0 radical (unpaired) electrons. The molecule has 10 nitrogen and oxygen atoms in total. The van der Waals surface area contributed by atoms with Crippen molar-refractivity contribution in [3.63, 3.8) is 0 Å². The number of hydrogen-bond acceptors (Lipinski definition) is 9. The van der Waals surface area contributed by atoms with Crippen molar-refractivity contribution in [2.75, 3.05) is 50.6 Å². The Kier molecular flexibility index (Phi) is 9.20. The molecular weight excluding hydrogens is 557 g/mol. The van der Waals surface area contributed by atoms with Crippen LogP contribution in [0, 0.1) is 5.82 Å². The summed E-state index contributed by atoms with van der Waals surface area (Å²) >= 11 is 0. The Morgan fingerprint density at radius 3 is 2.67 bits per heavy atom. The Labute approximate surface area is 251 Å². The summed E-state index contributed by atoms with van der Waals surface area (Å²) in [5.74, 6) is 1.26. The Morgan fingerprint density at radius 2 is 1.88 bits per heavy atom. The highest BCUT2D eigenvalue weighted by atomic mass is 35.5. The van der Waals surface area contributed by atoms with Crippen molar-refractivity contribution < 1.29 is 9.13 Å². The zero-order valence-corrected chi connectivity index (χ0v) is 24.7. The number of nitrogens with one attached hydrogen (secondary N) is 1. The molecule has 0 saturated carbocycles. The van der Waals surface area contributed by atoms with Crippen LogP contribution in [0.5, 0.6) is 5.75 Å². The van der Waals surface area contributed by atoms with Crippen molar-refractivity contribution in [1.82, 2.24) is 29.6 Å². The maximum atomic E-state index is 14.7. The van der Waals surface area contributed by atoms with E-state index in [1.54, 1.807) is 24.4 Å². The predicted molar refractivity (Wildman–Crippen MR) is 165 cm³/mol. The minimum absolute atomic E-state index is 0. The molecule has 3 N–H and O–H groups in total. The maximum absolute atomic E-state index is 14.7. The zero-order valence-electron chi connectivity index (χ0n) is 23.9. The molecule has 42 heavy (non-hydrogen) atoms. The third kappa shape index (κ3) is 6.33. The number of methoxy groups -OCH3 is 1. The average Bonchev–Trinajstić information content (AvgIpc) is 3.48. The molecule has 3 aromatic heterocycles. The molecule has 1 aromatic carbocycles. The van der Waals surface area contributed by atoms with Crippen LogP contribution in [0.25, 0.3) is 22.5 Å². The Morgan fingerprint density at radius 1 is 1.05 bits per heavy atom. The first-order valence-electron chi connectivity index (χ1n) is 14.1. The van der Waals surface area contributed by atoms with Crippen molar-refractivity contribution in [1.29, 1.82) is 0 Å². The van der Waals surface area contributed by atoms with E-state index in [1.165, 1.54) is 13.2 Å². The fourth-order valence-electron chi connectivity index (χ4n) is 5.73. The molecule has 2 saturated heterocycles. The van der Waals surface area contributed by atoms with E-state index in [-0.39, 0.29) is 29.8 Å². The Hall–Kier alpha value is -3.80. The second-order valence-electron chi connectivity index (χ2n) is 10.9. The quantitative estimate of drug-likeness (QED) is 0.309. The molecule has 2 aliphatic heterocycles. The SMILES string of the molecule is COc1cccc(F)c1-c1nccc(Nc2cc(N3CCC[C@H](N)C3)c(-c3cnn(C4CCN(C)CC4)c3)cn2)n1.Cl. The van der Waals surface area contributed by atoms with Crippen molar-refractivity contribution in [3.05, 3.63) is 60.9 Å². The smallest absolute Gasteiger partial charge is 0.168 e. The molecule has 0 amide bonds. The molecule has 6 rings (SSSR count). The van der Waals surface area contributed by atoms with Gasteiger partial charge in [0.05, 0.1) is 24.9 Å². The second-order valence-corrected chi connectivity index (χ2v) is 10.9. The van der Waals surface area contributed by atoms with Crippen LogP contribution >= 0.6 is 12.4 Å². The maximum Gasteiger partial charge on any atom is 0.168 e. The minimum atomic E-state index is -0.450. The zero-order chi connectivity index (χ0) is 28.3. The number of piperidine rings is 2. The van der Waals surface area contributed by atoms with Crippen LogP contribution < -0.4 is 20.7 Å². The lowest BCUT2D eigenvalue weighted by Gasteiger charge is -2.34. The third-order valence-corrected chi connectivity index (χ3v) is 7.99. The first-order valence-corrected chi connectivity index (χ1v) is 14.1. The number of benzene rings is 1. The summed E-state index contributed by atoms with van der Waals surface area (Å²) in [6.45, 7) is 3.84. The number of ether oxygens (including phenoxy) is 1. The molecule has 0 bridgehead atoms. The topological polar surface area (TPSA) is 110 Å². The average molecular weight is 594 g/mol. The standard InChI is InChI=1S/C30H36FN9O.ClH/c1-38-13-9-22(10-14-38)40-18-20(16-35-40)23-17-34-28(15-25(23)39-12-4-5-21(32)19-39)36-27-8-11-33-30(37-27)29-24(31)6-3-7-26(29)41-2;/h3,6-8,11,15-18,21-22H,4-5,9-10,12-14,19,32H2,1-2H3,(H,33,34,36,37);1H/t21-;/m0./s1. The number of nitrogens with two attached hydrogens (primary N) is 1. The molecule has 12 heteroatoms. The van der Waals surface area contributed by atoms with Crippen LogP contribution in [0.15, 0.2) is 55.1 Å². The Balaban J connectivity index is 0.00000353. The van der Waals surface area contributed by atoms with Gasteiger partial charge in [-0.05, 0) is 64.0 Å². The van der Waals surface area contributed by atoms with Crippen LogP contribution in [0.2, 0.25) is 0 Å². The van der Waals surface area contributed by atoms with Gasteiger partial charge in [0, 0.05) is 60.6 Å². The molecule has 4 aromatic rings. The normalized spacial score (nSPS) is 18.0. The summed E-state index contributed by atoms with van der Waals surface area (Å²) in [6, 6.07) is 8.93. The van der Waals surface area contributed by atoms with E-state index in [4.69, 9.17) is 20.6 Å². The van der Waals surface area contributed by atoms with E-state index in [2.05, 4.69) is 43.0 Å². The first-order chi connectivity index (χ1) is 20.0. The number of aromatic nitrogens is 5. The molecule has 2 aliphatic rings. The van der Waals surface area contributed by atoms with Crippen molar-refractivity contribution in [2.45, 2.75) is 37.8 Å². The third-order valence-electron chi connectivity index (χ3n) is 7.99. The fraction of sp³-hybridized carbons (Fsp3) is 0.400. The fourth-order valence-corrected chi connectivity index (χ4v) is 5.73. The van der Waals surface area contributed by atoms with Crippen LogP contribution in [0.4, 0.5) is 21.7 Å². The minimum Gasteiger partial charge on any atom is -0.496 e. The van der Waals surface area contributed by atoms with Crippen molar-refractivity contribution in [2.24, 2.45) is 5.73 Å². The summed E-state index contributed by atoms with van der Waals surface area (Å²) < 4.78 is 22.2. The Bertz CT molecular complexity index is 1510. The molecular formula is C30H37ClFN9O. The first kappa shape index (κ1) is 29.7. The van der Waals surface area contributed by atoms with Gasteiger partial charge in [-0.1, -0.05) is 6.07 Å². The van der Waals surface area contributed by atoms with E-state index in [0.717, 1.165) is 68.7 Å². The number of anilines is 3. The van der Waals surface area contributed by atoms with Gasteiger partial charge in [-0.15, -0.1) is 12.4 Å². The monoisotopic (exact) mass is 593 g/mol. The van der Waals surface area contributed by atoms with Crippen LogP contribution in [-0.2, 0) is 0 Å². The van der Waals surface area contributed by atoms with Gasteiger partial charge in [-0.25, -0.2) is 19.3 Å². The molecule has 1 atom stereocenters. The molecule has 0 unspecified atom stereocenters. The van der Waals surface area contributed by atoms with E-state index in [1.807, 2.05) is 18.5 Å². The predicted octanol–water partition coefficient (Wildman–Crippen LogP) is 4.91. The van der Waals surface area contributed by atoms with Gasteiger partial charge in [0.15, 0.2) is 5.82 Å². The summed E-state index contributed by atoms with van der Waals surface area (Å²) in [7, 11) is 3.66. The number of nitrogens with zero attached hydrogens (tertiary/aromatic N) is 7. The van der Waals surface area contributed by atoms with E-state index in [0.29, 0.717) is 23.4 Å². The molecule has 0 spiro atoms. The van der Waals surface area contributed by atoms with Crippen LogP contribution in [-0.4, -0.2) is 76.0 Å². The molecule has 2 fully saturated rings. The van der Waals surface area contributed by atoms with E-state index in [9.17, 15) is 4.39 Å². The van der Waals surface area contributed by atoms with Crippen LogP contribution in [0.3, 0.4) is 0 Å². The summed E-state index contributed by atoms with van der Waals surface area (Å²) in [4.78, 5) is 18.3. The number of hydrogen-bond donors (Lipinski definition) is 2. The van der Waals surface area contributed by atoms with Crippen molar-refractivity contribution >= 4 is 29.7 Å². The number of likely N-dealkylation sites (tertiary alicyclic amines) is 1. The molecule has 0 aliphatic carbocycles. The highest BCUT2D eigenvalue weighted by molar-refractivity contribution is 5.85. The summed E-state index contributed by atoms with van der Waals surface area (Å²) in [5.41, 5.74) is 9.70. The van der Waals surface area contributed by atoms with Gasteiger partial charge < -0.3 is 25.6 Å².